The summed E-state index contributed by atoms with van der Waals surface area (Å²) < 4.78 is 13.7. The molecule has 1 aromatic carbocycles. The number of rotatable bonds is 5. The van der Waals surface area contributed by atoms with Gasteiger partial charge >= 0.3 is 12.0 Å². The number of anilines is 1. The second kappa shape index (κ2) is 6.88. The summed E-state index contributed by atoms with van der Waals surface area (Å²) in [5, 5.41) is 11.1. The van der Waals surface area contributed by atoms with Gasteiger partial charge in [-0.25, -0.2) is 14.0 Å². The van der Waals surface area contributed by atoms with E-state index in [2.05, 4.69) is 19.2 Å². The summed E-state index contributed by atoms with van der Waals surface area (Å²) in [6.07, 6.45) is 0.852. The molecule has 5 nitrogen and oxygen atoms in total. The molecular formula is C14H19FN2O3. The first-order chi connectivity index (χ1) is 9.31. The third-order valence-electron chi connectivity index (χ3n) is 2.85. The van der Waals surface area contributed by atoms with Gasteiger partial charge in [0, 0.05) is 13.6 Å². The number of hydrogen-bond acceptors (Lipinski definition) is 2. The maximum Gasteiger partial charge on any atom is 0.335 e. The molecule has 0 saturated heterocycles. The minimum atomic E-state index is -1.21. The lowest BCUT2D eigenvalue weighted by molar-refractivity contribution is 0.0696. The molecule has 0 saturated carbocycles. The molecule has 0 atom stereocenters. The van der Waals surface area contributed by atoms with Crippen molar-refractivity contribution >= 4 is 17.7 Å². The number of hydrogen-bond donors (Lipinski definition) is 2. The summed E-state index contributed by atoms with van der Waals surface area (Å²) in [6, 6.07) is 2.95. The summed E-state index contributed by atoms with van der Waals surface area (Å²) in [7, 11) is 1.63. The molecule has 0 unspecified atom stereocenters. The van der Waals surface area contributed by atoms with Crippen LogP contribution in [0.3, 0.4) is 0 Å². The first kappa shape index (κ1) is 15.9. The second-order valence-corrected chi connectivity index (χ2v) is 5.03. The standard InChI is InChI=1S/C14H19FN2O3/c1-9(2)6-7-17(3)14(20)16-12-5-4-10(13(18)19)8-11(12)15/h4-5,8-9H,6-7H2,1-3H3,(H,16,20)(H,18,19). The largest absolute Gasteiger partial charge is 0.478 e. The molecule has 1 rings (SSSR count). The predicted molar refractivity (Wildman–Crippen MR) is 74.5 cm³/mol. The molecule has 0 aliphatic carbocycles. The number of nitrogens with one attached hydrogen (secondary N) is 1. The van der Waals surface area contributed by atoms with E-state index in [-0.39, 0.29) is 11.3 Å². The lowest BCUT2D eigenvalue weighted by Crippen LogP contribution is -2.33. The molecule has 0 aliphatic heterocycles. The van der Waals surface area contributed by atoms with Gasteiger partial charge in [0.05, 0.1) is 11.3 Å². The van der Waals surface area contributed by atoms with Crippen molar-refractivity contribution in [2.24, 2.45) is 5.92 Å². The van der Waals surface area contributed by atoms with E-state index in [1.165, 1.54) is 17.0 Å². The topological polar surface area (TPSA) is 69.6 Å². The van der Waals surface area contributed by atoms with E-state index >= 15 is 0 Å². The van der Waals surface area contributed by atoms with Gasteiger partial charge in [-0.2, -0.15) is 0 Å². The molecular weight excluding hydrogens is 263 g/mol. The highest BCUT2D eigenvalue weighted by Crippen LogP contribution is 2.16. The van der Waals surface area contributed by atoms with Crippen LogP contribution in [0.4, 0.5) is 14.9 Å². The van der Waals surface area contributed by atoms with E-state index in [0.717, 1.165) is 12.5 Å². The molecule has 0 bridgehead atoms. The number of halogens is 1. The zero-order chi connectivity index (χ0) is 15.3. The van der Waals surface area contributed by atoms with Crippen molar-refractivity contribution in [1.82, 2.24) is 4.90 Å². The Kier molecular flexibility index (Phi) is 5.49. The molecule has 6 heteroatoms. The van der Waals surface area contributed by atoms with Crippen LogP contribution in [-0.2, 0) is 0 Å². The zero-order valence-electron chi connectivity index (χ0n) is 11.8. The van der Waals surface area contributed by atoms with Gasteiger partial charge in [0.2, 0.25) is 0 Å². The number of nitrogens with zero attached hydrogens (tertiary/aromatic N) is 1. The molecule has 0 fully saturated rings. The van der Waals surface area contributed by atoms with Crippen LogP contribution >= 0.6 is 0 Å². The Morgan fingerprint density at radius 3 is 2.55 bits per heavy atom. The molecule has 0 radical (unpaired) electrons. The summed E-state index contributed by atoms with van der Waals surface area (Å²) in [5.41, 5.74) is -0.190. The summed E-state index contributed by atoms with van der Waals surface area (Å²) in [5.74, 6) is -1.51. The molecule has 20 heavy (non-hydrogen) atoms. The minimum absolute atomic E-state index is 0.0311. The highest BCUT2D eigenvalue weighted by Gasteiger charge is 2.13. The van der Waals surface area contributed by atoms with Gasteiger partial charge in [-0.1, -0.05) is 13.8 Å². The number of carbonyl (C=O) groups excluding carboxylic acids is 1. The SMILES string of the molecule is CC(C)CCN(C)C(=O)Nc1ccc(C(=O)O)cc1F. The highest BCUT2D eigenvalue weighted by atomic mass is 19.1. The van der Waals surface area contributed by atoms with E-state index in [1.807, 2.05) is 0 Å². The molecule has 2 amide bonds. The predicted octanol–water partition coefficient (Wildman–Crippen LogP) is 3.03. The average molecular weight is 282 g/mol. The van der Waals surface area contributed by atoms with Crippen molar-refractivity contribution < 1.29 is 19.1 Å². The maximum absolute atomic E-state index is 13.7. The van der Waals surface area contributed by atoms with E-state index in [4.69, 9.17) is 5.11 Å². The van der Waals surface area contributed by atoms with E-state index in [9.17, 15) is 14.0 Å². The Hall–Kier alpha value is -2.11. The Labute approximate surface area is 117 Å². The third kappa shape index (κ3) is 4.53. The number of carboxylic acid groups (broad SMARTS) is 1. The summed E-state index contributed by atoms with van der Waals surface area (Å²) in [4.78, 5) is 24.0. The van der Waals surface area contributed by atoms with Gasteiger partial charge in [-0.05, 0) is 30.5 Å². The quantitative estimate of drug-likeness (QED) is 0.872. The van der Waals surface area contributed by atoms with Crippen LogP contribution < -0.4 is 5.32 Å². The Morgan fingerprint density at radius 1 is 1.40 bits per heavy atom. The van der Waals surface area contributed by atoms with Crippen LogP contribution in [0.25, 0.3) is 0 Å². The van der Waals surface area contributed by atoms with Crippen molar-refractivity contribution in [3.8, 4) is 0 Å². The molecule has 0 aromatic heterocycles. The zero-order valence-corrected chi connectivity index (χ0v) is 11.8. The number of amides is 2. The van der Waals surface area contributed by atoms with Crippen LogP contribution in [0.5, 0.6) is 0 Å². The molecule has 0 aliphatic rings. The number of carboxylic acids is 1. The molecule has 0 heterocycles. The van der Waals surface area contributed by atoms with Crippen molar-refractivity contribution in [2.75, 3.05) is 18.9 Å². The number of benzene rings is 1. The van der Waals surface area contributed by atoms with Gasteiger partial charge in [0.25, 0.3) is 0 Å². The lowest BCUT2D eigenvalue weighted by Gasteiger charge is -2.19. The fraction of sp³-hybridized carbons (Fsp3) is 0.429. The summed E-state index contributed by atoms with van der Waals surface area (Å²) in [6.45, 7) is 4.67. The van der Waals surface area contributed by atoms with Gasteiger partial charge in [-0.3, -0.25) is 0 Å². The molecule has 110 valence electrons. The molecule has 2 N–H and O–H groups in total. The fourth-order valence-electron chi connectivity index (χ4n) is 1.51. The smallest absolute Gasteiger partial charge is 0.335 e. The Morgan fingerprint density at radius 2 is 2.05 bits per heavy atom. The van der Waals surface area contributed by atoms with E-state index in [1.54, 1.807) is 7.05 Å². The van der Waals surface area contributed by atoms with Crippen LogP contribution in [0.1, 0.15) is 30.6 Å². The number of urea groups is 1. The van der Waals surface area contributed by atoms with Crippen LogP contribution in [0.15, 0.2) is 18.2 Å². The highest BCUT2D eigenvalue weighted by molar-refractivity contribution is 5.91. The first-order valence-electron chi connectivity index (χ1n) is 6.36. The van der Waals surface area contributed by atoms with E-state index < -0.39 is 17.8 Å². The van der Waals surface area contributed by atoms with Gasteiger partial charge in [0.1, 0.15) is 5.82 Å². The third-order valence-corrected chi connectivity index (χ3v) is 2.85. The fourth-order valence-corrected chi connectivity index (χ4v) is 1.51. The van der Waals surface area contributed by atoms with Crippen LogP contribution in [-0.4, -0.2) is 35.6 Å². The maximum atomic E-state index is 13.7. The van der Waals surface area contributed by atoms with Crippen LogP contribution in [0.2, 0.25) is 0 Å². The molecule has 0 spiro atoms. The van der Waals surface area contributed by atoms with Gasteiger partial charge in [0.15, 0.2) is 0 Å². The number of aromatic carboxylic acids is 1. The monoisotopic (exact) mass is 282 g/mol. The van der Waals surface area contributed by atoms with Crippen LogP contribution in [0, 0.1) is 11.7 Å². The van der Waals surface area contributed by atoms with Crippen molar-refractivity contribution in [3.05, 3.63) is 29.6 Å². The van der Waals surface area contributed by atoms with Crippen molar-refractivity contribution in [2.45, 2.75) is 20.3 Å². The minimum Gasteiger partial charge on any atom is -0.478 e. The Bertz CT molecular complexity index is 503. The summed E-state index contributed by atoms with van der Waals surface area (Å²) >= 11 is 0. The van der Waals surface area contributed by atoms with Crippen molar-refractivity contribution in [3.63, 3.8) is 0 Å². The molecule has 1 aromatic rings. The van der Waals surface area contributed by atoms with Gasteiger partial charge in [-0.15, -0.1) is 0 Å². The van der Waals surface area contributed by atoms with E-state index in [0.29, 0.717) is 12.5 Å². The van der Waals surface area contributed by atoms with Crippen molar-refractivity contribution in [1.29, 1.82) is 0 Å². The average Bonchev–Trinajstić information content (AvgIpc) is 2.37. The second-order valence-electron chi connectivity index (χ2n) is 5.03. The van der Waals surface area contributed by atoms with Gasteiger partial charge < -0.3 is 15.3 Å². The normalized spacial score (nSPS) is 10.4. The first-order valence-corrected chi connectivity index (χ1v) is 6.36. The Balaban J connectivity index is 2.68. The lowest BCUT2D eigenvalue weighted by atomic mass is 10.1. The number of carbonyl (C=O) groups is 2.